The number of aryl methyl sites for hydroxylation is 1. The van der Waals surface area contributed by atoms with E-state index in [1.165, 1.54) is 17.3 Å². The van der Waals surface area contributed by atoms with Crippen LogP contribution in [0.4, 0.5) is 5.95 Å². The van der Waals surface area contributed by atoms with E-state index in [9.17, 15) is 0 Å². The van der Waals surface area contributed by atoms with Crippen molar-refractivity contribution in [1.82, 2.24) is 14.8 Å². The quantitative estimate of drug-likeness (QED) is 0.344. The minimum Gasteiger partial charge on any atom is -0.480 e. The summed E-state index contributed by atoms with van der Waals surface area (Å²) in [6.45, 7) is 2.10. The van der Waals surface area contributed by atoms with Gasteiger partial charge in [-0.3, -0.25) is 0 Å². The van der Waals surface area contributed by atoms with Crippen LogP contribution in [0.15, 0.2) is 83.5 Å². The highest BCUT2D eigenvalue weighted by Crippen LogP contribution is 2.50. The molecule has 3 heterocycles. The minimum absolute atomic E-state index is 0.167. The molecular formula is C26H21ClN4OS. The molecule has 1 aromatic heterocycles. The van der Waals surface area contributed by atoms with Gasteiger partial charge in [0.1, 0.15) is 17.9 Å². The maximum Gasteiger partial charge on any atom is 0.227 e. The second-order valence-electron chi connectivity index (χ2n) is 8.18. The average Bonchev–Trinajstić information content (AvgIpc) is 3.26. The third-order valence-corrected chi connectivity index (χ3v) is 6.90. The fraction of sp³-hybridized carbons (Fsp3) is 0.154. The number of aromatic nitrogens is 3. The van der Waals surface area contributed by atoms with E-state index >= 15 is 0 Å². The first-order valence-corrected chi connectivity index (χ1v) is 12.3. The molecule has 0 saturated carbocycles. The molecule has 0 fully saturated rings. The first-order valence-electron chi connectivity index (χ1n) is 10.7. The lowest BCUT2D eigenvalue weighted by atomic mass is 9.84. The van der Waals surface area contributed by atoms with Gasteiger partial charge in [0.05, 0.1) is 5.70 Å². The summed E-state index contributed by atoms with van der Waals surface area (Å²) >= 11 is 7.74. The molecule has 0 bridgehead atoms. The zero-order valence-electron chi connectivity index (χ0n) is 18.1. The largest absolute Gasteiger partial charge is 0.480 e. The molecule has 4 aromatic rings. The molecular weight excluding hydrogens is 452 g/mol. The van der Waals surface area contributed by atoms with E-state index < -0.39 is 0 Å². The van der Waals surface area contributed by atoms with Gasteiger partial charge < -0.3 is 10.1 Å². The average molecular weight is 473 g/mol. The van der Waals surface area contributed by atoms with Crippen LogP contribution in [0, 0.1) is 6.92 Å². The van der Waals surface area contributed by atoms with E-state index in [4.69, 9.17) is 26.4 Å². The number of para-hydroxylation sites is 1. The molecule has 6 rings (SSSR count). The molecule has 1 N–H and O–H groups in total. The summed E-state index contributed by atoms with van der Waals surface area (Å²) in [6.07, 6.45) is 1.69. The van der Waals surface area contributed by atoms with Gasteiger partial charge in [0.2, 0.25) is 11.1 Å². The predicted molar refractivity (Wildman–Crippen MR) is 133 cm³/mol. The van der Waals surface area contributed by atoms with E-state index in [-0.39, 0.29) is 12.1 Å². The molecule has 0 spiro atoms. The molecule has 3 aromatic carbocycles. The van der Waals surface area contributed by atoms with Crippen LogP contribution in [-0.4, -0.2) is 21.0 Å². The number of anilines is 1. The van der Waals surface area contributed by atoms with Crippen LogP contribution in [0.2, 0.25) is 5.02 Å². The first kappa shape index (κ1) is 20.4. The molecule has 33 heavy (non-hydrogen) atoms. The number of fused-ring (bicyclic) bond motifs is 3. The van der Waals surface area contributed by atoms with Crippen molar-refractivity contribution < 1.29 is 4.74 Å². The van der Waals surface area contributed by atoms with E-state index in [2.05, 4.69) is 42.6 Å². The Balaban J connectivity index is 1.62. The number of nitrogens with zero attached hydrogens (tertiary/aromatic N) is 3. The number of thioether (sulfide) groups is 1. The molecule has 164 valence electrons. The molecule has 0 amide bonds. The zero-order valence-corrected chi connectivity index (χ0v) is 19.7. The summed E-state index contributed by atoms with van der Waals surface area (Å²) < 4.78 is 8.62. The van der Waals surface area contributed by atoms with E-state index in [0.717, 1.165) is 44.8 Å². The Morgan fingerprint density at radius 2 is 1.70 bits per heavy atom. The Labute approximate surface area is 201 Å². The van der Waals surface area contributed by atoms with Crippen LogP contribution in [0.5, 0.6) is 5.75 Å². The Morgan fingerprint density at radius 1 is 0.970 bits per heavy atom. The van der Waals surface area contributed by atoms with Crippen LogP contribution >= 0.6 is 23.4 Å². The summed E-state index contributed by atoms with van der Waals surface area (Å²) in [5.74, 6) is 1.57. The Morgan fingerprint density at radius 3 is 2.45 bits per heavy atom. The van der Waals surface area contributed by atoms with Gasteiger partial charge in [0, 0.05) is 16.2 Å². The molecule has 0 aliphatic carbocycles. The van der Waals surface area contributed by atoms with E-state index in [1.807, 2.05) is 53.4 Å². The maximum absolute atomic E-state index is 6.64. The molecule has 2 aliphatic heterocycles. The van der Waals surface area contributed by atoms with Crippen molar-refractivity contribution in [1.29, 1.82) is 0 Å². The first-order chi connectivity index (χ1) is 16.1. The molecule has 0 unspecified atom stereocenters. The Hall–Kier alpha value is -3.22. The van der Waals surface area contributed by atoms with Gasteiger partial charge in [0.15, 0.2) is 0 Å². The topological polar surface area (TPSA) is 52.0 Å². The number of nitrogens with one attached hydrogen (secondary N) is 1. The lowest BCUT2D eigenvalue weighted by molar-refractivity contribution is 0.223. The zero-order chi connectivity index (χ0) is 22.5. The lowest BCUT2D eigenvalue weighted by Gasteiger charge is -2.39. The van der Waals surface area contributed by atoms with Gasteiger partial charge in [0.25, 0.3) is 0 Å². The Kier molecular flexibility index (Phi) is 4.93. The van der Waals surface area contributed by atoms with Gasteiger partial charge in [-0.25, -0.2) is 4.68 Å². The highest BCUT2D eigenvalue weighted by Gasteiger charge is 2.41. The van der Waals surface area contributed by atoms with Crippen LogP contribution in [0.25, 0.3) is 5.70 Å². The number of halogens is 1. The van der Waals surface area contributed by atoms with Crippen molar-refractivity contribution in [3.63, 3.8) is 0 Å². The van der Waals surface area contributed by atoms with Crippen molar-refractivity contribution in [2.75, 3.05) is 11.6 Å². The second kappa shape index (κ2) is 7.97. The fourth-order valence-corrected chi connectivity index (χ4v) is 5.00. The number of ether oxygens (including phenoxy) is 1. The Bertz CT molecular complexity index is 1380. The molecule has 0 radical (unpaired) electrons. The summed E-state index contributed by atoms with van der Waals surface area (Å²) in [6, 6.07) is 24.4. The molecule has 2 aliphatic rings. The summed E-state index contributed by atoms with van der Waals surface area (Å²) in [4.78, 5) is 4.75. The van der Waals surface area contributed by atoms with Gasteiger partial charge in [-0.2, -0.15) is 4.98 Å². The predicted octanol–water partition coefficient (Wildman–Crippen LogP) is 6.52. The van der Waals surface area contributed by atoms with Gasteiger partial charge in [-0.05, 0) is 48.6 Å². The number of hydrogen-bond donors (Lipinski definition) is 1. The van der Waals surface area contributed by atoms with Gasteiger partial charge in [-0.15, -0.1) is 5.10 Å². The number of rotatable bonds is 3. The van der Waals surface area contributed by atoms with Crippen molar-refractivity contribution in [2.24, 2.45) is 0 Å². The van der Waals surface area contributed by atoms with Crippen molar-refractivity contribution in [3.05, 3.63) is 106 Å². The SMILES string of the molecule is CSc1nc2n(n1)[C@H](c1ccc(C)cc1)C1=C(N2)c2ccccc2O[C@@H]1c1ccc(Cl)cc1. The second-order valence-corrected chi connectivity index (χ2v) is 9.39. The van der Waals surface area contributed by atoms with Crippen LogP contribution < -0.4 is 10.1 Å². The minimum atomic E-state index is -0.305. The van der Waals surface area contributed by atoms with Crippen LogP contribution in [0.1, 0.15) is 34.4 Å². The lowest BCUT2D eigenvalue weighted by Crippen LogP contribution is -2.32. The number of benzene rings is 3. The summed E-state index contributed by atoms with van der Waals surface area (Å²) in [5, 5.41) is 9.84. The van der Waals surface area contributed by atoms with Crippen molar-refractivity contribution >= 4 is 35.0 Å². The monoisotopic (exact) mass is 472 g/mol. The summed E-state index contributed by atoms with van der Waals surface area (Å²) in [5.41, 5.74) is 6.53. The number of hydrogen-bond acceptors (Lipinski definition) is 5. The molecule has 0 saturated heterocycles. The third kappa shape index (κ3) is 3.41. The normalized spacial score (nSPS) is 18.6. The van der Waals surface area contributed by atoms with Gasteiger partial charge in [-0.1, -0.05) is 77.5 Å². The van der Waals surface area contributed by atoms with E-state index in [0.29, 0.717) is 5.02 Å². The summed E-state index contributed by atoms with van der Waals surface area (Å²) in [7, 11) is 0. The standard InChI is InChI=1S/C26H21ClN4OS/c1-15-7-9-16(10-8-15)23-21-22(28-25-29-26(33-2)30-31(23)25)19-5-3-4-6-20(19)32-24(21)17-11-13-18(27)14-12-17/h3-14,23-24H,1-2H3,(H,28,29,30)/t23-,24-/m1/s1. The van der Waals surface area contributed by atoms with Crippen LogP contribution in [0.3, 0.4) is 0 Å². The highest BCUT2D eigenvalue weighted by molar-refractivity contribution is 7.98. The maximum atomic E-state index is 6.64. The molecule has 7 heteroatoms. The molecule has 2 atom stereocenters. The molecule has 5 nitrogen and oxygen atoms in total. The van der Waals surface area contributed by atoms with Crippen molar-refractivity contribution in [3.8, 4) is 5.75 Å². The van der Waals surface area contributed by atoms with Crippen molar-refractivity contribution in [2.45, 2.75) is 24.2 Å². The third-order valence-electron chi connectivity index (χ3n) is 6.11. The smallest absolute Gasteiger partial charge is 0.227 e. The van der Waals surface area contributed by atoms with Crippen LogP contribution in [-0.2, 0) is 0 Å². The highest BCUT2D eigenvalue weighted by atomic mass is 35.5. The van der Waals surface area contributed by atoms with Gasteiger partial charge >= 0.3 is 0 Å². The fourth-order valence-electron chi connectivity index (χ4n) is 4.53. The van der Waals surface area contributed by atoms with E-state index in [1.54, 1.807) is 0 Å².